The van der Waals surface area contributed by atoms with Gasteiger partial charge in [0.1, 0.15) is 11.6 Å². The zero-order chi connectivity index (χ0) is 21.6. The molecular formula is C24H30N4O3. The second-order valence-electron chi connectivity index (χ2n) is 8.46. The van der Waals surface area contributed by atoms with Gasteiger partial charge in [0, 0.05) is 24.6 Å². The number of hydrogen-bond donors (Lipinski definition) is 2. The molecule has 0 unspecified atom stereocenters. The van der Waals surface area contributed by atoms with E-state index in [-0.39, 0.29) is 23.4 Å². The maximum absolute atomic E-state index is 12.6. The lowest BCUT2D eigenvalue weighted by molar-refractivity contribution is -0.117. The van der Waals surface area contributed by atoms with Crippen LogP contribution in [0.1, 0.15) is 42.5 Å². The number of anilines is 2. The summed E-state index contributed by atoms with van der Waals surface area (Å²) in [6, 6.07) is 10.3. The maximum Gasteiger partial charge on any atom is 0.238 e. The van der Waals surface area contributed by atoms with Crippen LogP contribution in [0, 0.1) is 5.92 Å². The number of ketones is 1. The van der Waals surface area contributed by atoms with E-state index < -0.39 is 0 Å². The van der Waals surface area contributed by atoms with Crippen molar-refractivity contribution in [1.82, 2.24) is 9.88 Å². The van der Waals surface area contributed by atoms with Gasteiger partial charge in [0.05, 0.1) is 18.4 Å². The number of amides is 1. The van der Waals surface area contributed by atoms with Gasteiger partial charge in [-0.05, 0) is 81.6 Å². The molecule has 2 N–H and O–H groups in total. The van der Waals surface area contributed by atoms with E-state index in [1.807, 2.05) is 12.1 Å². The summed E-state index contributed by atoms with van der Waals surface area (Å²) >= 11 is 0. The van der Waals surface area contributed by atoms with Gasteiger partial charge in [0.15, 0.2) is 5.78 Å². The maximum atomic E-state index is 12.6. The Morgan fingerprint density at radius 1 is 0.968 bits per heavy atom. The highest BCUT2D eigenvalue weighted by molar-refractivity contribution is 5.98. The number of benzene rings is 1. The molecule has 164 valence electrons. The summed E-state index contributed by atoms with van der Waals surface area (Å²) in [5.41, 5.74) is 1.35. The molecule has 31 heavy (non-hydrogen) atoms. The fraction of sp³-hybridized carbons (Fsp3) is 0.458. The van der Waals surface area contributed by atoms with Crippen LogP contribution in [-0.2, 0) is 4.79 Å². The van der Waals surface area contributed by atoms with Crippen molar-refractivity contribution >= 4 is 23.2 Å². The van der Waals surface area contributed by atoms with E-state index in [0.717, 1.165) is 31.7 Å². The molecule has 2 aromatic rings. The molecule has 4 rings (SSSR count). The van der Waals surface area contributed by atoms with Gasteiger partial charge in [-0.1, -0.05) is 0 Å². The predicted octanol–water partition coefficient (Wildman–Crippen LogP) is 3.31. The molecule has 0 atom stereocenters. The third-order valence-electron chi connectivity index (χ3n) is 6.19. The van der Waals surface area contributed by atoms with E-state index >= 15 is 0 Å². The first-order valence-electron chi connectivity index (χ1n) is 11.1. The molecule has 2 aliphatic rings. The van der Waals surface area contributed by atoms with Crippen molar-refractivity contribution in [3.05, 3.63) is 48.2 Å². The average Bonchev–Trinajstić information content (AvgIpc) is 2.81. The normalized spacial score (nSPS) is 18.0. The molecule has 0 saturated carbocycles. The Balaban J connectivity index is 1.22. The lowest BCUT2D eigenvalue weighted by Gasteiger charge is -2.30. The van der Waals surface area contributed by atoms with Crippen molar-refractivity contribution in [2.24, 2.45) is 5.92 Å². The Bertz CT molecular complexity index is 884. The SMILES string of the molecule is O=C(CN1CCC(C(=O)c2ccc(O)cc2)CC1)Nc1ccc(N2CCCCC2)nc1. The van der Waals surface area contributed by atoms with Gasteiger partial charge in [-0.15, -0.1) is 0 Å². The van der Waals surface area contributed by atoms with Crippen molar-refractivity contribution in [3.63, 3.8) is 0 Å². The van der Waals surface area contributed by atoms with Crippen LogP contribution in [0.4, 0.5) is 11.5 Å². The fourth-order valence-corrected chi connectivity index (χ4v) is 4.39. The van der Waals surface area contributed by atoms with Crippen LogP contribution in [0.15, 0.2) is 42.6 Å². The number of phenolic OH excluding ortho intramolecular Hbond substituents is 1. The summed E-state index contributed by atoms with van der Waals surface area (Å²) in [7, 11) is 0. The van der Waals surface area contributed by atoms with Crippen molar-refractivity contribution in [1.29, 1.82) is 0 Å². The standard InChI is InChI=1S/C24H30N4O3/c29-21-7-4-18(5-8-21)24(31)19-10-14-27(15-11-19)17-23(30)26-20-6-9-22(25-16-20)28-12-2-1-3-13-28/h4-9,16,19,29H,1-3,10-15,17H2,(H,26,30). The summed E-state index contributed by atoms with van der Waals surface area (Å²) in [5.74, 6) is 1.15. The molecular weight excluding hydrogens is 392 g/mol. The first-order chi connectivity index (χ1) is 15.1. The zero-order valence-corrected chi connectivity index (χ0v) is 17.8. The third-order valence-corrected chi connectivity index (χ3v) is 6.19. The number of phenols is 1. The van der Waals surface area contributed by atoms with E-state index in [0.29, 0.717) is 30.9 Å². The number of aromatic hydroxyl groups is 1. The van der Waals surface area contributed by atoms with E-state index in [1.165, 1.54) is 19.3 Å². The fourth-order valence-electron chi connectivity index (χ4n) is 4.39. The lowest BCUT2D eigenvalue weighted by Crippen LogP contribution is -2.40. The zero-order valence-electron chi connectivity index (χ0n) is 17.8. The minimum Gasteiger partial charge on any atom is -0.508 e. The lowest BCUT2D eigenvalue weighted by atomic mass is 9.89. The van der Waals surface area contributed by atoms with Gasteiger partial charge in [-0.2, -0.15) is 0 Å². The average molecular weight is 423 g/mol. The topological polar surface area (TPSA) is 85.8 Å². The van der Waals surface area contributed by atoms with E-state index in [9.17, 15) is 14.7 Å². The Hall–Kier alpha value is -2.93. The van der Waals surface area contributed by atoms with Crippen LogP contribution in [0.2, 0.25) is 0 Å². The first kappa shape index (κ1) is 21.3. The molecule has 7 nitrogen and oxygen atoms in total. The van der Waals surface area contributed by atoms with Crippen LogP contribution < -0.4 is 10.2 Å². The van der Waals surface area contributed by atoms with Crippen molar-refractivity contribution in [3.8, 4) is 5.75 Å². The molecule has 0 spiro atoms. The van der Waals surface area contributed by atoms with Crippen molar-refractivity contribution in [2.45, 2.75) is 32.1 Å². The molecule has 0 radical (unpaired) electrons. The van der Waals surface area contributed by atoms with Crippen molar-refractivity contribution < 1.29 is 14.7 Å². The quantitative estimate of drug-likeness (QED) is 0.695. The summed E-state index contributed by atoms with van der Waals surface area (Å²) in [6.45, 7) is 3.84. The highest BCUT2D eigenvalue weighted by Gasteiger charge is 2.26. The summed E-state index contributed by atoms with van der Waals surface area (Å²) in [4.78, 5) is 34.0. The van der Waals surface area contributed by atoms with Gasteiger partial charge in [-0.25, -0.2) is 4.98 Å². The molecule has 1 aromatic carbocycles. The van der Waals surface area contributed by atoms with Crippen LogP contribution in [0.3, 0.4) is 0 Å². The van der Waals surface area contributed by atoms with E-state index in [1.54, 1.807) is 30.5 Å². The number of hydrogen-bond acceptors (Lipinski definition) is 6. The Labute approximate surface area is 183 Å². The predicted molar refractivity (Wildman–Crippen MR) is 121 cm³/mol. The molecule has 2 fully saturated rings. The van der Waals surface area contributed by atoms with E-state index in [4.69, 9.17) is 0 Å². The van der Waals surface area contributed by atoms with Gasteiger partial charge in [0.25, 0.3) is 0 Å². The minimum absolute atomic E-state index is 0.0321. The van der Waals surface area contributed by atoms with E-state index in [2.05, 4.69) is 20.1 Å². The monoisotopic (exact) mass is 422 g/mol. The smallest absolute Gasteiger partial charge is 0.238 e. The number of aromatic nitrogens is 1. The number of rotatable bonds is 6. The van der Waals surface area contributed by atoms with Gasteiger partial charge in [-0.3, -0.25) is 14.5 Å². The number of Topliss-reactive ketones (excluding diaryl/α,β-unsaturated/α-hetero) is 1. The first-order valence-corrected chi connectivity index (χ1v) is 11.1. The van der Waals surface area contributed by atoms with Crippen LogP contribution in [-0.4, -0.2) is 59.4 Å². The highest BCUT2D eigenvalue weighted by atomic mass is 16.3. The molecule has 0 bridgehead atoms. The molecule has 2 aliphatic heterocycles. The molecule has 2 saturated heterocycles. The Morgan fingerprint density at radius 2 is 1.68 bits per heavy atom. The summed E-state index contributed by atoms with van der Waals surface area (Å²) in [6.07, 6.45) is 6.89. The number of nitrogens with zero attached hydrogens (tertiary/aromatic N) is 3. The molecule has 0 aliphatic carbocycles. The number of carbonyl (C=O) groups excluding carboxylic acids is 2. The largest absolute Gasteiger partial charge is 0.508 e. The number of carbonyl (C=O) groups is 2. The molecule has 1 amide bonds. The van der Waals surface area contributed by atoms with Crippen LogP contribution >= 0.6 is 0 Å². The van der Waals surface area contributed by atoms with Crippen molar-refractivity contribution in [2.75, 3.05) is 42.9 Å². The number of nitrogens with one attached hydrogen (secondary N) is 1. The van der Waals surface area contributed by atoms with Crippen LogP contribution in [0.5, 0.6) is 5.75 Å². The molecule has 7 heteroatoms. The number of likely N-dealkylation sites (tertiary alicyclic amines) is 1. The summed E-state index contributed by atoms with van der Waals surface area (Å²) < 4.78 is 0. The number of pyridine rings is 1. The third kappa shape index (κ3) is 5.61. The van der Waals surface area contributed by atoms with Gasteiger partial charge >= 0.3 is 0 Å². The summed E-state index contributed by atoms with van der Waals surface area (Å²) in [5, 5.41) is 12.3. The van der Waals surface area contributed by atoms with Gasteiger partial charge in [0.2, 0.25) is 5.91 Å². The minimum atomic E-state index is -0.0594. The Kier molecular flexibility index (Phi) is 6.82. The van der Waals surface area contributed by atoms with Gasteiger partial charge < -0.3 is 15.3 Å². The number of piperidine rings is 2. The molecule has 1 aromatic heterocycles. The second-order valence-corrected chi connectivity index (χ2v) is 8.46. The van der Waals surface area contributed by atoms with Crippen LogP contribution in [0.25, 0.3) is 0 Å². The highest BCUT2D eigenvalue weighted by Crippen LogP contribution is 2.23. The second kappa shape index (κ2) is 9.92. The Morgan fingerprint density at radius 3 is 2.32 bits per heavy atom. The molecule has 3 heterocycles.